The number of carbonyl (C=O) groups excluding carboxylic acids is 4. The summed E-state index contributed by atoms with van der Waals surface area (Å²) < 4.78 is 10.9. The first kappa shape index (κ1) is 22.9. The number of hydrogen-bond acceptors (Lipinski definition) is 6. The SMILES string of the molecule is CC(C)(C)C1CCC2(CC1)NC(=O)N(CC(=O)NNC(=O)c1ccc3c(c1)OCCO3)C2=O. The van der Waals surface area contributed by atoms with Crippen molar-refractivity contribution in [3.05, 3.63) is 23.8 Å². The summed E-state index contributed by atoms with van der Waals surface area (Å²) in [5.41, 5.74) is 4.03. The lowest BCUT2D eigenvalue weighted by molar-refractivity contribution is -0.136. The standard InChI is InChI=1S/C23H30N4O6/c1-22(2,3)15-6-8-23(9-7-15)20(30)27(21(31)24-23)13-18(28)25-26-19(29)14-4-5-16-17(12-14)33-11-10-32-16/h4-5,12,15H,6-11,13H2,1-3H3,(H,24,31)(H,25,28)(H,26,29). The van der Waals surface area contributed by atoms with Gasteiger partial charge in [-0.2, -0.15) is 0 Å². The van der Waals surface area contributed by atoms with Crippen molar-refractivity contribution >= 4 is 23.8 Å². The highest BCUT2D eigenvalue weighted by Gasteiger charge is 2.53. The Morgan fingerprint density at radius 1 is 1.09 bits per heavy atom. The molecular weight excluding hydrogens is 428 g/mol. The molecule has 1 saturated heterocycles. The molecule has 5 amide bonds. The van der Waals surface area contributed by atoms with E-state index in [1.54, 1.807) is 12.1 Å². The number of hydrogen-bond donors (Lipinski definition) is 3. The van der Waals surface area contributed by atoms with Gasteiger partial charge in [-0.15, -0.1) is 0 Å². The van der Waals surface area contributed by atoms with Crippen molar-refractivity contribution in [1.82, 2.24) is 21.1 Å². The minimum atomic E-state index is -0.937. The zero-order valence-corrected chi connectivity index (χ0v) is 19.2. The van der Waals surface area contributed by atoms with E-state index >= 15 is 0 Å². The predicted octanol–water partition coefficient (Wildman–Crippen LogP) is 1.75. The minimum absolute atomic E-state index is 0.141. The van der Waals surface area contributed by atoms with Crippen molar-refractivity contribution in [1.29, 1.82) is 0 Å². The predicted molar refractivity (Wildman–Crippen MR) is 117 cm³/mol. The average molecular weight is 459 g/mol. The van der Waals surface area contributed by atoms with Crippen LogP contribution in [0.3, 0.4) is 0 Å². The Labute approximate surface area is 192 Å². The molecule has 1 aromatic rings. The van der Waals surface area contributed by atoms with E-state index < -0.39 is 29.9 Å². The van der Waals surface area contributed by atoms with E-state index in [2.05, 4.69) is 36.9 Å². The molecule has 178 valence electrons. The van der Waals surface area contributed by atoms with E-state index in [1.807, 2.05) is 0 Å². The van der Waals surface area contributed by atoms with Gasteiger partial charge in [0.05, 0.1) is 0 Å². The number of hydrazine groups is 1. The van der Waals surface area contributed by atoms with Crippen molar-refractivity contribution in [2.75, 3.05) is 19.8 Å². The molecule has 0 unspecified atom stereocenters. The van der Waals surface area contributed by atoms with Gasteiger partial charge in [-0.1, -0.05) is 20.8 Å². The number of ether oxygens (including phenoxy) is 2. The van der Waals surface area contributed by atoms with Crippen molar-refractivity contribution in [2.24, 2.45) is 11.3 Å². The van der Waals surface area contributed by atoms with E-state index in [9.17, 15) is 19.2 Å². The summed E-state index contributed by atoms with van der Waals surface area (Å²) in [6.45, 7) is 6.90. The molecule has 1 aromatic carbocycles. The quantitative estimate of drug-likeness (QED) is 0.468. The van der Waals surface area contributed by atoms with Crippen LogP contribution in [0.4, 0.5) is 4.79 Å². The van der Waals surface area contributed by atoms with Gasteiger partial charge in [0, 0.05) is 5.56 Å². The zero-order chi connectivity index (χ0) is 23.8. The maximum atomic E-state index is 13.0. The second-order valence-electron chi connectivity index (χ2n) is 9.90. The first-order valence-electron chi connectivity index (χ1n) is 11.2. The lowest BCUT2D eigenvalue weighted by Gasteiger charge is -2.40. The van der Waals surface area contributed by atoms with E-state index in [0.29, 0.717) is 43.5 Å². The van der Waals surface area contributed by atoms with Gasteiger partial charge in [0.1, 0.15) is 25.3 Å². The van der Waals surface area contributed by atoms with Crippen LogP contribution < -0.4 is 25.6 Å². The van der Waals surface area contributed by atoms with Gasteiger partial charge in [0.2, 0.25) is 0 Å². The second-order valence-corrected chi connectivity index (χ2v) is 9.90. The van der Waals surface area contributed by atoms with Gasteiger partial charge in [0.15, 0.2) is 11.5 Å². The van der Waals surface area contributed by atoms with Crippen molar-refractivity contribution in [2.45, 2.75) is 52.0 Å². The van der Waals surface area contributed by atoms with E-state index in [4.69, 9.17) is 9.47 Å². The smallest absolute Gasteiger partial charge is 0.325 e. The van der Waals surface area contributed by atoms with Crippen molar-refractivity contribution < 1.29 is 28.7 Å². The molecule has 2 heterocycles. The summed E-state index contributed by atoms with van der Waals surface area (Å²) in [7, 11) is 0. The first-order chi connectivity index (χ1) is 15.6. The topological polar surface area (TPSA) is 126 Å². The summed E-state index contributed by atoms with van der Waals surface area (Å²) in [6.07, 6.45) is 2.78. The molecule has 1 aliphatic carbocycles. The van der Waals surface area contributed by atoms with Crippen molar-refractivity contribution in [3.8, 4) is 11.5 Å². The third-order valence-electron chi connectivity index (χ3n) is 6.73. The van der Waals surface area contributed by atoms with Crippen LogP contribution in [0.15, 0.2) is 18.2 Å². The summed E-state index contributed by atoms with van der Waals surface area (Å²) >= 11 is 0. The van der Waals surface area contributed by atoms with Crippen molar-refractivity contribution in [3.63, 3.8) is 0 Å². The maximum absolute atomic E-state index is 13.0. The van der Waals surface area contributed by atoms with Crippen LogP contribution >= 0.6 is 0 Å². The van der Waals surface area contributed by atoms with Crippen LogP contribution in [0, 0.1) is 11.3 Å². The van der Waals surface area contributed by atoms with Gasteiger partial charge in [0.25, 0.3) is 17.7 Å². The number of carbonyl (C=O) groups is 4. The first-order valence-corrected chi connectivity index (χ1v) is 11.2. The molecule has 2 fully saturated rings. The number of fused-ring (bicyclic) bond motifs is 1. The Morgan fingerprint density at radius 3 is 2.42 bits per heavy atom. The van der Waals surface area contributed by atoms with Gasteiger partial charge in [-0.3, -0.25) is 30.1 Å². The molecule has 0 atom stereocenters. The van der Waals surface area contributed by atoms with Crippen LogP contribution in [-0.4, -0.2) is 54.0 Å². The molecule has 0 radical (unpaired) electrons. The fourth-order valence-corrected chi connectivity index (χ4v) is 4.70. The Kier molecular flexibility index (Phi) is 5.94. The summed E-state index contributed by atoms with van der Waals surface area (Å²) in [5.74, 6) is -0.148. The Balaban J connectivity index is 1.31. The van der Waals surface area contributed by atoms with Gasteiger partial charge < -0.3 is 14.8 Å². The number of imide groups is 1. The summed E-state index contributed by atoms with van der Waals surface area (Å²) in [4.78, 5) is 51.2. The third-order valence-corrected chi connectivity index (χ3v) is 6.73. The second kappa shape index (κ2) is 8.57. The molecule has 3 aliphatic rings. The molecule has 0 aromatic heterocycles. The number of nitrogens with one attached hydrogen (secondary N) is 3. The molecule has 10 nitrogen and oxygen atoms in total. The lowest BCUT2D eigenvalue weighted by atomic mass is 9.67. The number of benzene rings is 1. The van der Waals surface area contributed by atoms with Crippen LogP contribution in [0.5, 0.6) is 11.5 Å². The number of nitrogens with zero attached hydrogens (tertiary/aromatic N) is 1. The zero-order valence-electron chi connectivity index (χ0n) is 19.2. The highest BCUT2D eigenvalue weighted by Crippen LogP contribution is 2.43. The monoisotopic (exact) mass is 458 g/mol. The Bertz CT molecular complexity index is 978. The van der Waals surface area contributed by atoms with Gasteiger partial charge >= 0.3 is 6.03 Å². The number of amides is 5. The molecule has 4 rings (SSSR count). The molecule has 33 heavy (non-hydrogen) atoms. The Hall–Kier alpha value is -3.30. The molecule has 10 heteroatoms. The highest BCUT2D eigenvalue weighted by molar-refractivity contribution is 6.09. The molecule has 1 spiro atoms. The fourth-order valence-electron chi connectivity index (χ4n) is 4.70. The van der Waals surface area contributed by atoms with Crippen LogP contribution in [-0.2, 0) is 9.59 Å². The largest absolute Gasteiger partial charge is 0.486 e. The normalized spacial score (nSPS) is 24.5. The molecule has 0 bridgehead atoms. The maximum Gasteiger partial charge on any atom is 0.325 e. The highest BCUT2D eigenvalue weighted by atomic mass is 16.6. The van der Waals surface area contributed by atoms with Crippen LogP contribution in [0.2, 0.25) is 0 Å². The average Bonchev–Trinajstić information content (AvgIpc) is 3.00. The molecular formula is C23H30N4O6. The molecule has 3 N–H and O–H groups in total. The van der Waals surface area contributed by atoms with Gasteiger partial charge in [-0.05, 0) is 55.2 Å². The van der Waals surface area contributed by atoms with Crippen LogP contribution in [0.25, 0.3) is 0 Å². The molecule has 2 aliphatic heterocycles. The van der Waals surface area contributed by atoms with E-state index in [0.717, 1.165) is 17.7 Å². The number of rotatable bonds is 3. The Morgan fingerprint density at radius 2 is 1.76 bits per heavy atom. The number of urea groups is 1. The third kappa shape index (κ3) is 4.60. The van der Waals surface area contributed by atoms with Gasteiger partial charge in [-0.25, -0.2) is 4.79 Å². The van der Waals surface area contributed by atoms with Crippen LogP contribution in [0.1, 0.15) is 56.8 Å². The van der Waals surface area contributed by atoms with E-state index in [1.165, 1.54) is 6.07 Å². The van der Waals surface area contributed by atoms with E-state index in [-0.39, 0.29) is 16.9 Å². The lowest BCUT2D eigenvalue weighted by Crippen LogP contribution is -2.51. The summed E-state index contributed by atoms with van der Waals surface area (Å²) in [6, 6.07) is 4.10. The fraction of sp³-hybridized carbons (Fsp3) is 0.565. The summed E-state index contributed by atoms with van der Waals surface area (Å²) in [5, 5.41) is 2.81. The minimum Gasteiger partial charge on any atom is -0.486 e. The molecule has 1 saturated carbocycles.